The Morgan fingerprint density at radius 3 is 2.45 bits per heavy atom. The molecule has 1 aromatic heterocycles. The van der Waals surface area contributed by atoms with E-state index < -0.39 is 17.7 Å². The Balaban J connectivity index is 1.65. The van der Waals surface area contributed by atoms with Gasteiger partial charge in [0.1, 0.15) is 18.1 Å². The van der Waals surface area contributed by atoms with Gasteiger partial charge in [-0.25, -0.2) is 9.78 Å². The Morgan fingerprint density at radius 1 is 1.03 bits per heavy atom. The van der Waals surface area contributed by atoms with Crippen LogP contribution in [0.3, 0.4) is 0 Å². The molecule has 0 saturated heterocycles. The average molecular weight is 474 g/mol. The number of aromatic carboxylic acids is 1. The molecule has 33 heavy (non-hydrogen) atoms. The average Bonchev–Trinajstić information content (AvgIpc) is 3.28. The fourth-order valence-corrected chi connectivity index (χ4v) is 4.03. The SMILES string of the molecule is O=C(O)c1cccc(C2=C(c3cc(Cl)ccc3OCc3ccc(C(F)(F)F)cc3)CCC2)n1. The van der Waals surface area contributed by atoms with Gasteiger partial charge in [0.05, 0.1) is 11.3 Å². The Labute approximate surface area is 193 Å². The van der Waals surface area contributed by atoms with E-state index in [-0.39, 0.29) is 12.3 Å². The summed E-state index contributed by atoms with van der Waals surface area (Å²) in [6, 6.07) is 14.9. The maximum absolute atomic E-state index is 12.8. The Morgan fingerprint density at radius 2 is 1.76 bits per heavy atom. The zero-order valence-corrected chi connectivity index (χ0v) is 18.1. The second-order valence-electron chi connectivity index (χ2n) is 7.65. The van der Waals surface area contributed by atoms with Crippen LogP contribution in [0.2, 0.25) is 5.02 Å². The summed E-state index contributed by atoms with van der Waals surface area (Å²) in [7, 11) is 0. The lowest BCUT2D eigenvalue weighted by atomic mass is 9.99. The minimum atomic E-state index is -4.39. The number of allylic oxidation sites excluding steroid dienone is 2. The van der Waals surface area contributed by atoms with Crippen LogP contribution in [0.4, 0.5) is 13.2 Å². The van der Waals surface area contributed by atoms with Gasteiger partial charge in [-0.15, -0.1) is 0 Å². The van der Waals surface area contributed by atoms with Crippen molar-refractivity contribution in [2.45, 2.75) is 32.0 Å². The minimum absolute atomic E-state index is 0.0314. The number of carboxylic acids is 1. The lowest BCUT2D eigenvalue weighted by Crippen LogP contribution is -2.05. The van der Waals surface area contributed by atoms with Gasteiger partial charge in [0.15, 0.2) is 0 Å². The number of hydrogen-bond donors (Lipinski definition) is 1. The van der Waals surface area contributed by atoms with Crippen LogP contribution in [0.5, 0.6) is 5.75 Å². The third-order valence-corrected chi connectivity index (χ3v) is 5.67. The maximum Gasteiger partial charge on any atom is 0.416 e. The molecule has 0 unspecified atom stereocenters. The van der Waals surface area contributed by atoms with Crippen molar-refractivity contribution in [1.82, 2.24) is 4.98 Å². The Hall–Kier alpha value is -3.32. The summed E-state index contributed by atoms with van der Waals surface area (Å²) in [5.74, 6) is -0.552. The molecule has 3 aromatic rings. The molecule has 0 fully saturated rings. The summed E-state index contributed by atoms with van der Waals surface area (Å²) in [6.45, 7) is 0.0854. The molecule has 4 rings (SSSR count). The number of carboxylic acid groups (broad SMARTS) is 1. The molecule has 0 bridgehead atoms. The van der Waals surface area contributed by atoms with E-state index >= 15 is 0 Å². The lowest BCUT2D eigenvalue weighted by Gasteiger charge is -2.15. The van der Waals surface area contributed by atoms with Gasteiger partial charge < -0.3 is 9.84 Å². The summed E-state index contributed by atoms with van der Waals surface area (Å²) >= 11 is 6.26. The molecule has 4 nitrogen and oxygen atoms in total. The van der Waals surface area contributed by atoms with Crippen molar-refractivity contribution in [2.75, 3.05) is 0 Å². The number of aromatic nitrogens is 1. The Bertz CT molecular complexity index is 1220. The first-order chi connectivity index (χ1) is 15.7. The molecule has 1 aliphatic carbocycles. The summed E-state index contributed by atoms with van der Waals surface area (Å²) in [6.07, 6.45) is -2.05. The number of ether oxygens (including phenoxy) is 1. The standard InChI is InChI=1S/C25H19ClF3NO3/c26-17-11-12-23(33-14-15-7-9-16(10-8-15)25(27,28)29)20(13-17)18-3-1-4-19(18)21-5-2-6-22(30-21)24(31)32/h2,5-13H,1,3-4,14H2,(H,31,32). The molecule has 170 valence electrons. The monoisotopic (exact) mass is 473 g/mol. The highest BCUT2D eigenvalue weighted by molar-refractivity contribution is 6.30. The van der Waals surface area contributed by atoms with Crippen LogP contribution in [0.1, 0.15) is 52.1 Å². The predicted octanol–water partition coefficient (Wildman–Crippen LogP) is 7.13. The third kappa shape index (κ3) is 5.20. The van der Waals surface area contributed by atoms with E-state index in [2.05, 4.69) is 4.98 Å². The third-order valence-electron chi connectivity index (χ3n) is 5.44. The van der Waals surface area contributed by atoms with E-state index in [4.69, 9.17) is 16.3 Å². The van der Waals surface area contributed by atoms with Gasteiger partial charge in [0, 0.05) is 10.6 Å². The quantitative estimate of drug-likeness (QED) is 0.414. The topological polar surface area (TPSA) is 59.4 Å². The van der Waals surface area contributed by atoms with Crippen LogP contribution in [-0.2, 0) is 12.8 Å². The van der Waals surface area contributed by atoms with Crippen molar-refractivity contribution in [3.05, 3.63) is 93.8 Å². The van der Waals surface area contributed by atoms with Gasteiger partial charge in [-0.3, -0.25) is 0 Å². The molecular weight excluding hydrogens is 455 g/mol. The van der Waals surface area contributed by atoms with E-state index in [1.54, 1.807) is 30.3 Å². The van der Waals surface area contributed by atoms with Crippen LogP contribution < -0.4 is 4.74 Å². The molecule has 0 amide bonds. The van der Waals surface area contributed by atoms with Gasteiger partial charge in [0.25, 0.3) is 0 Å². The first-order valence-electron chi connectivity index (χ1n) is 10.2. The van der Waals surface area contributed by atoms with Gasteiger partial charge in [-0.2, -0.15) is 13.2 Å². The first-order valence-corrected chi connectivity index (χ1v) is 10.6. The zero-order valence-electron chi connectivity index (χ0n) is 17.3. The number of pyridine rings is 1. The summed E-state index contributed by atoms with van der Waals surface area (Å²) in [5, 5.41) is 9.79. The minimum Gasteiger partial charge on any atom is -0.488 e. The van der Waals surface area contributed by atoms with Crippen LogP contribution in [0.25, 0.3) is 11.1 Å². The molecule has 0 radical (unpaired) electrons. The second-order valence-corrected chi connectivity index (χ2v) is 8.08. The number of rotatable bonds is 6. The van der Waals surface area contributed by atoms with E-state index in [0.29, 0.717) is 22.0 Å². The normalized spacial score (nSPS) is 13.9. The molecular formula is C25H19ClF3NO3. The molecule has 2 aromatic carbocycles. The van der Waals surface area contributed by atoms with E-state index in [1.165, 1.54) is 18.2 Å². The van der Waals surface area contributed by atoms with Crippen LogP contribution in [0, 0.1) is 0 Å². The van der Waals surface area contributed by atoms with E-state index in [1.807, 2.05) is 0 Å². The molecule has 1 aliphatic rings. The fraction of sp³-hybridized carbons (Fsp3) is 0.200. The van der Waals surface area contributed by atoms with Crippen molar-refractivity contribution < 1.29 is 27.8 Å². The van der Waals surface area contributed by atoms with Crippen molar-refractivity contribution in [3.63, 3.8) is 0 Å². The summed E-state index contributed by atoms with van der Waals surface area (Å²) < 4.78 is 44.4. The molecule has 1 N–H and O–H groups in total. The molecule has 0 saturated carbocycles. The van der Waals surface area contributed by atoms with Crippen molar-refractivity contribution in [2.24, 2.45) is 0 Å². The van der Waals surface area contributed by atoms with E-state index in [9.17, 15) is 23.1 Å². The largest absolute Gasteiger partial charge is 0.488 e. The molecule has 8 heteroatoms. The highest BCUT2D eigenvalue weighted by Gasteiger charge is 2.30. The van der Waals surface area contributed by atoms with E-state index in [0.717, 1.165) is 48.1 Å². The van der Waals surface area contributed by atoms with Crippen LogP contribution >= 0.6 is 11.6 Å². The fourth-order valence-electron chi connectivity index (χ4n) is 3.86. The van der Waals surface area contributed by atoms with Gasteiger partial charge in [0.2, 0.25) is 0 Å². The predicted molar refractivity (Wildman–Crippen MR) is 119 cm³/mol. The smallest absolute Gasteiger partial charge is 0.416 e. The second kappa shape index (κ2) is 9.27. The highest BCUT2D eigenvalue weighted by atomic mass is 35.5. The van der Waals surface area contributed by atoms with Gasteiger partial charge in [-0.05, 0) is 78.4 Å². The molecule has 0 spiro atoms. The number of halogens is 4. The number of hydrogen-bond acceptors (Lipinski definition) is 3. The lowest BCUT2D eigenvalue weighted by molar-refractivity contribution is -0.137. The Kier molecular flexibility index (Phi) is 6.42. The molecule has 1 heterocycles. The van der Waals surface area contributed by atoms with Crippen LogP contribution in [0.15, 0.2) is 60.7 Å². The molecule has 0 aliphatic heterocycles. The number of benzene rings is 2. The number of alkyl halides is 3. The zero-order chi connectivity index (χ0) is 23.6. The summed E-state index contributed by atoms with van der Waals surface area (Å²) in [4.78, 5) is 15.6. The highest BCUT2D eigenvalue weighted by Crippen LogP contribution is 2.43. The maximum atomic E-state index is 12.8. The van der Waals surface area contributed by atoms with Crippen molar-refractivity contribution in [3.8, 4) is 5.75 Å². The van der Waals surface area contributed by atoms with Crippen molar-refractivity contribution >= 4 is 28.7 Å². The molecule has 0 atom stereocenters. The van der Waals surface area contributed by atoms with Crippen LogP contribution in [-0.4, -0.2) is 16.1 Å². The number of carbonyl (C=O) groups is 1. The van der Waals surface area contributed by atoms with Gasteiger partial charge >= 0.3 is 12.1 Å². The number of nitrogens with zero attached hydrogens (tertiary/aromatic N) is 1. The van der Waals surface area contributed by atoms with Crippen molar-refractivity contribution in [1.29, 1.82) is 0 Å². The van der Waals surface area contributed by atoms with Gasteiger partial charge in [-0.1, -0.05) is 29.8 Å². The summed E-state index contributed by atoms with van der Waals surface area (Å²) in [5.41, 5.74) is 3.11. The first kappa shape index (κ1) is 22.9.